The zero-order valence-electron chi connectivity index (χ0n) is 14.6. The molecule has 132 valence electrons. The summed E-state index contributed by atoms with van der Waals surface area (Å²) in [4.78, 5) is 27.5. The van der Waals surface area contributed by atoms with Crippen LogP contribution in [0.4, 0.5) is 5.69 Å². The number of nitrogens with zero attached hydrogens (tertiary/aromatic N) is 1. The number of anilines is 1. The SMILES string of the molecule is COc1ccc(N2C[C@]34C=C[C@H](O3)C(C(=O)NC(C)C)[C@@H]4C2=O)cc1. The Labute approximate surface area is 146 Å². The lowest BCUT2D eigenvalue weighted by molar-refractivity contribution is -0.132. The average Bonchev–Trinajstić information content (AvgIpc) is 3.22. The Bertz CT molecular complexity index is 742. The van der Waals surface area contributed by atoms with Crippen molar-refractivity contribution in [3.63, 3.8) is 0 Å². The molecule has 1 N–H and O–H groups in total. The smallest absolute Gasteiger partial charge is 0.234 e. The minimum absolute atomic E-state index is 0.0285. The standard InChI is InChI=1S/C19H22N2O4/c1-11(2)20-17(22)15-14-8-9-19(25-14)10-21(18(23)16(15)19)12-4-6-13(24-3)7-5-12/h4-9,11,14-16H,10H2,1-3H3,(H,20,22)/t14-,15?,16+,19-/m0/s1. The van der Waals surface area contributed by atoms with Crippen LogP contribution >= 0.6 is 0 Å². The number of hydrogen-bond acceptors (Lipinski definition) is 4. The first-order chi connectivity index (χ1) is 11.9. The van der Waals surface area contributed by atoms with Crippen LogP contribution in [0.5, 0.6) is 5.75 Å². The second kappa shape index (κ2) is 5.59. The molecule has 6 nitrogen and oxygen atoms in total. The van der Waals surface area contributed by atoms with Crippen LogP contribution < -0.4 is 15.0 Å². The molecule has 0 radical (unpaired) electrons. The topological polar surface area (TPSA) is 67.9 Å². The van der Waals surface area contributed by atoms with Crippen molar-refractivity contribution in [1.29, 1.82) is 0 Å². The van der Waals surface area contributed by atoms with Crippen LogP contribution in [0.3, 0.4) is 0 Å². The van der Waals surface area contributed by atoms with Gasteiger partial charge in [0.2, 0.25) is 11.8 Å². The molecule has 0 aliphatic carbocycles. The van der Waals surface area contributed by atoms with Crippen LogP contribution in [-0.2, 0) is 14.3 Å². The van der Waals surface area contributed by atoms with Crippen LogP contribution in [0, 0.1) is 11.8 Å². The van der Waals surface area contributed by atoms with Crippen molar-refractivity contribution in [3.8, 4) is 5.75 Å². The fraction of sp³-hybridized carbons (Fsp3) is 0.474. The number of benzene rings is 1. The van der Waals surface area contributed by atoms with Crippen molar-refractivity contribution >= 4 is 17.5 Å². The summed E-state index contributed by atoms with van der Waals surface area (Å²) in [5.74, 6) is -0.367. The highest BCUT2D eigenvalue weighted by Gasteiger charge is 2.67. The van der Waals surface area contributed by atoms with Gasteiger partial charge in [-0.15, -0.1) is 0 Å². The normalized spacial score (nSPS) is 32.4. The van der Waals surface area contributed by atoms with Crippen molar-refractivity contribution in [2.75, 3.05) is 18.6 Å². The first-order valence-electron chi connectivity index (χ1n) is 8.58. The van der Waals surface area contributed by atoms with E-state index < -0.39 is 17.4 Å². The first-order valence-corrected chi connectivity index (χ1v) is 8.58. The molecule has 0 saturated carbocycles. The van der Waals surface area contributed by atoms with Gasteiger partial charge < -0.3 is 19.7 Å². The van der Waals surface area contributed by atoms with Crippen LogP contribution in [0.2, 0.25) is 0 Å². The van der Waals surface area contributed by atoms with Crippen molar-refractivity contribution < 1.29 is 19.1 Å². The molecule has 2 bridgehead atoms. The van der Waals surface area contributed by atoms with Crippen LogP contribution in [0.1, 0.15) is 13.8 Å². The molecule has 2 amide bonds. The van der Waals surface area contributed by atoms with E-state index in [1.807, 2.05) is 50.3 Å². The Kier molecular flexibility index (Phi) is 3.61. The van der Waals surface area contributed by atoms with Gasteiger partial charge in [0.25, 0.3) is 0 Å². The number of hydrogen-bond donors (Lipinski definition) is 1. The van der Waals surface area contributed by atoms with Gasteiger partial charge in [-0.3, -0.25) is 9.59 Å². The largest absolute Gasteiger partial charge is 0.497 e. The lowest BCUT2D eigenvalue weighted by Gasteiger charge is -2.24. The third-order valence-electron chi connectivity index (χ3n) is 5.22. The van der Waals surface area contributed by atoms with E-state index in [4.69, 9.17) is 9.47 Å². The summed E-state index contributed by atoms with van der Waals surface area (Å²) < 4.78 is 11.3. The van der Waals surface area contributed by atoms with Gasteiger partial charge in [0.15, 0.2) is 0 Å². The lowest BCUT2D eigenvalue weighted by Crippen LogP contribution is -2.45. The molecule has 1 aromatic carbocycles. The van der Waals surface area contributed by atoms with Crippen LogP contribution in [-0.4, -0.2) is 43.2 Å². The third kappa shape index (κ3) is 2.35. The Balaban J connectivity index is 1.64. The molecule has 0 aromatic heterocycles. The van der Waals surface area contributed by atoms with Gasteiger partial charge in [-0.25, -0.2) is 0 Å². The molecule has 4 atom stereocenters. The van der Waals surface area contributed by atoms with E-state index in [-0.39, 0.29) is 24.0 Å². The maximum Gasteiger partial charge on any atom is 0.234 e. The maximum absolute atomic E-state index is 13.1. The zero-order chi connectivity index (χ0) is 17.8. The Morgan fingerprint density at radius 2 is 2.08 bits per heavy atom. The van der Waals surface area contributed by atoms with Gasteiger partial charge in [0, 0.05) is 11.7 Å². The van der Waals surface area contributed by atoms with Crippen molar-refractivity contribution in [2.24, 2.45) is 11.8 Å². The van der Waals surface area contributed by atoms with Crippen LogP contribution in [0.15, 0.2) is 36.4 Å². The molecular formula is C19H22N2O4. The Hall–Kier alpha value is -2.34. The monoisotopic (exact) mass is 342 g/mol. The minimum atomic E-state index is -0.694. The second-order valence-electron chi connectivity index (χ2n) is 7.19. The van der Waals surface area contributed by atoms with Gasteiger partial charge in [0.05, 0.1) is 31.6 Å². The number of methoxy groups -OCH3 is 1. The number of fused-ring (bicyclic) bond motifs is 1. The van der Waals surface area contributed by atoms with Crippen molar-refractivity contribution in [3.05, 3.63) is 36.4 Å². The van der Waals surface area contributed by atoms with Crippen LogP contribution in [0.25, 0.3) is 0 Å². The molecule has 1 unspecified atom stereocenters. The number of ether oxygens (including phenoxy) is 2. The summed E-state index contributed by atoms with van der Waals surface area (Å²) in [7, 11) is 1.61. The van der Waals surface area contributed by atoms with Crippen molar-refractivity contribution in [1.82, 2.24) is 5.32 Å². The number of nitrogens with one attached hydrogen (secondary N) is 1. The highest BCUT2D eigenvalue weighted by atomic mass is 16.5. The Morgan fingerprint density at radius 1 is 1.36 bits per heavy atom. The van der Waals surface area contributed by atoms with E-state index in [2.05, 4.69) is 5.32 Å². The van der Waals surface area contributed by atoms with E-state index in [1.54, 1.807) is 12.0 Å². The molecule has 3 heterocycles. The summed E-state index contributed by atoms with van der Waals surface area (Å²) in [6.45, 7) is 4.26. The molecule has 1 spiro atoms. The summed E-state index contributed by atoms with van der Waals surface area (Å²) in [5.41, 5.74) is 0.0961. The lowest BCUT2D eigenvalue weighted by atomic mass is 9.76. The molecule has 1 aromatic rings. The summed E-state index contributed by atoms with van der Waals surface area (Å²) in [6, 6.07) is 7.39. The average molecular weight is 342 g/mol. The van der Waals surface area contributed by atoms with E-state index in [1.165, 1.54) is 0 Å². The van der Waals surface area contributed by atoms with Gasteiger partial charge in [-0.1, -0.05) is 12.2 Å². The number of carbonyl (C=O) groups is 2. The highest BCUT2D eigenvalue weighted by Crippen LogP contribution is 2.52. The van der Waals surface area contributed by atoms with Gasteiger partial charge in [-0.2, -0.15) is 0 Å². The molecular weight excluding hydrogens is 320 g/mol. The maximum atomic E-state index is 13.1. The molecule has 2 fully saturated rings. The molecule has 3 aliphatic heterocycles. The fourth-order valence-electron chi connectivity index (χ4n) is 4.16. The number of carbonyl (C=O) groups excluding carboxylic acids is 2. The molecule has 4 rings (SSSR count). The number of rotatable bonds is 4. The third-order valence-corrected chi connectivity index (χ3v) is 5.22. The predicted octanol–water partition coefficient (Wildman–Crippen LogP) is 1.51. The molecule has 6 heteroatoms. The first kappa shape index (κ1) is 16.1. The Morgan fingerprint density at radius 3 is 2.72 bits per heavy atom. The summed E-state index contributed by atoms with van der Waals surface area (Å²) in [6.07, 6.45) is 3.57. The predicted molar refractivity (Wildman–Crippen MR) is 92.3 cm³/mol. The van der Waals surface area contributed by atoms with E-state index in [0.717, 1.165) is 11.4 Å². The summed E-state index contributed by atoms with van der Waals surface area (Å²) in [5, 5.41) is 2.93. The summed E-state index contributed by atoms with van der Waals surface area (Å²) >= 11 is 0. The van der Waals surface area contributed by atoms with Gasteiger partial charge in [0.1, 0.15) is 11.4 Å². The van der Waals surface area contributed by atoms with Gasteiger partial charge >= 0.3 is 0 Å². The molecule has 2 saturated heterocycles. The minimum Gasteiger partial charge on any atom is -0.497 e. The van der Waals surface area contributed by atoms with E-state index in [9.17, 15) is 9.59 Å². The van der Waals surface area contributed by atoms with Crippen molar-refractivity contribution in [2.45, 2.75) is 31.6 Å². The quantitative estimate of drug-likeness (QED) is 0.842. The van der Waals surface area contributed by atoms with E-state index in [0.29, 0.717) is 6.54 Å². The fourth-order valence-corrected chi connectivity index (χ4v) is 4.16. The molecule has 3 aliphatic rings. The second-order valence-corrected chi connectivity index (χ2v) is 7.19. The van der Waals surface area contributed by atoms with E-state index >= 15 is 0 Å². The highest BCUT2D eigenvalue weighted by molar-refractivity contribution is 6.03. The zero-order valence-corrected chi connectivity index (χ0v) is 14.6. The number of amides is 2. The van der Waals surface area contributed by atoms with Gasteiger partial charge in [-0.05, 0) is 38.1 Å². The molecule has 25 heavy (non-hydrogen) atoms.